The van der Waals surface area contributed by atoms with Gasteiger partial charge >= 0.3 is 0 Å². The molecular formula is C72H67ClN2. The smallest absolute Gasteiger partial charge is 0.0618 e. The fourth-order valence-corrected chi connectivity index (χ4v) is 10.3. The summed E-state index contributed by atoms with van der Waals surface area (Å²) in [5, 5.41) is 0.664. The fourth-order valence-electron chi connectivity index (χ4n) is 10.1. The number of benzene rings is 10. The molecule has 0 spiro atoms. The first kappa shape index (κ1) is 50.6. The third-order valence-corrected chi connectivity index (χ3v) is 14.5. The van der Waals surface area contributed by atoms with Crippen molar-refractivity contribution in [3.05, 3.63) is 264 Å². The summed E-state index contributed by atoms with van der Waals surface area (Å²) in [6, 6.07) is 88.8. The maximum absolute atomic E-state index is 7.13. The van der Waals surface area contributed by atoms with Crippen LogP contribution in [-0.2, 0) is 16.2 Å². The van der Waals surface area contributed by atoms with E-state index < -0.39 is 0 Å². The van der Waals surface area contributed by atoms with E-state index in [0.29, 0.717) is 5.02 Å². The second-order valence-corrected chi connectivity index (χ2v) is 23.3. The quantitative estimate of drug-likeness (QED) is 0.127. The van der Waals surface area contributed by atoms with E-state index in [0.717, 1.165) is 89.8 Å². The van der Waals surface area contributed by atoms with Crippen molar-refractivity contribution in [2.24, 2.45) is 0 Å². The largest absolute Gasteiger partial charge is 0.309 e. The minimum atomic E-state index is -0.274. The van der Waals surface area contributed by atoms with Crippen LogP contribution in [0.15, 0.2) is 243 Å². The first-order valence-electron chi connectivity index (χ1n) is 26.3. The first-order valence-corrected chi connectivity index (χ1v) is 26.6. The van der Waals surface area contributed by atoms with Gasteiger partial charge in [-0.15, -0.1) is 0 Å². The summed E-state index contributed by atoms with van der Waals surface area (Å²) in [6.07, 6.45) is 0. The second kappa shape index (κ2) is 20.8. The molecule has 10 aromatic carbocycles. The van der Waals surface area contributed by atoms with Gasteiger partial charge in [-0.05, 0) is 139 Å². The summed E-state index contributed by atoms with van der Waals surface area (Å²) < 4.78 is 0. The molecule has 3 heteroatoms. The molecule has 0 saturated carbocycles. The zero-order chi connectivity index (χ0) is 52.5. The molecule has 0 fully saturated rings. The van der Waals surface area contributed by atoms with Gasteiger partial charge in [-0.1, -0.05) is 244 Å². The van der Waals surface area contributed by atoms with Crippen molar-refractivity contribution < 1.29 is 0 Å². The van der Waals surface area contributed by atoms with Gasteiger partial charge in [0.25, 0.3) is 0 Å². The van der Waals surface area contributed by atoms with Crippen molar-refractivity contribution in [2.45, 2.75) is 78.6 Å². The van der Waals surface area contributed by atoms with E-state index in [4.69, 9.17) is 11.6 Å². The van der Waals surface area contributed by atoms with Gasteiger partial charge in [-0.2, -0.15) is 0 Å². The number of anilines is 6. The maximum Gasteiger partial charge on any atom is 0.0618 e. The Morgan fingerprint density at radius 2 is 0.547 bits per heavy atom. The Hall–Kier alpha value is -7.91. The molecule has 0 aromatic heterocycles. The minimum absolute atomic E-state index is 0.143. The lowest BCUT2D eigenvalue weighted by Crippen LogP contribution is -2.20. The number of nitrogens with zero attached hydrogens (tertiary/aromatic N) is 2. The maximum atomic E-state index is 7.13. The Balaban J connectivity index is 1.38. The van der Waals surface area contributed by atoms with Gasteiger partial charge in [0.2, 0.25) is 0 Å². The molecule has 0 atom stereocenters. The van der Waals surface area contributed by atoms with E-state index in [9.17, 15) is 0 Å². The van der Waals surface area contributed by atoms with Crippen LogP contribution in [0.4, 0.5) is 34.1 Å². The predicted molar refractivity (Wildman–Crippen MR) is 324 cm³/mol. The summed E-state index contributed by atoms with van der Waals surface area (Å²) in [5.41, 5.74) is 20.8. The van der Waals surface area contributed by atoms with E-state index in [1.165, 1.54) is 16.7 Å². The second-order valence-electron chi connectivity index (χ2n) is 22.9. The Morgan fingerprint density at radius 1 is 0.253 bits per heavy atom. The van der Waals surface area contributed by atoms with Crippen molar-refractivity contribution in [3.63, 3.8) is 0 Å². The van der Waals surface area contributed by atoms with Crippen LogP contribution in [-0.4, -0.2) is 0 Å². The highest BCUT2D eigenvalue weighted by atomic mass is 35.5. The predicted octanol–water partition coefficient (Wildman–Crippen LogP) is 21.5. The average Bonchev–Trinajstić information content (AvgIpc) is 3.44. The third kappa shape index (κ3) is 10.9. The molecular weight excluding hydrogens is 928 g/mol. The highest BCUT2D eigenvalue weighted by Gasteiger charge is 2.31. The topological polar surface area (TPSA) is 6.48 Å². The van der Waals surface area contributed by atoms with Crippen molar-refractivity contribution in [1.29, 1.82) is 0 Å². The molecule has 0 saturated heterocycles. The van der Waals surface area contributed by atoms with Crippen LogP contribution >= 0.6 is 11.6 Å². The average molecular weight is 996 g/mol. The van der Waals surface area contributed by atoms with Crippen LogP contribution in [0.3, 0.4) is 0 Å². The monoisotopic (exact) mass is 994 g/mol. The molecule has 372 valence electrons. The Kier molecular flexibility index (Phi) is 14.0. The van der Waals surface area contributed by atoms with Crippen LogP contribution in [0.2, 0.25) is 5.02 Å². The van der Waals surface area contributed by atoms with E-state index >= 15 is 0 Å². The molecule has 10 aromatic rings. The molecule has 2 nitrogen and oxygen atoms in total. The molecule has 0 aliphatic heterocycles. The van der Waals surface area contributed by atoms with E-state index in [-0.39, 0.29) is 16.2 Å². The standard InChI is InChI=1S/C72H67ClN2/c1-70(2,3)56-42-62(49-63(43-56)75(61-40-26-38-59(73)48-61)69-66(53-33-21-13-22-34-53)46-58(72(7,8)9)47-67(69)54-35-23-14-24-36-54)74(60-39-25-37-55(41-60)50-27-15-10-16-28-50)68-64(51-29-17-11-18-30-51)44-57(71(4,5)6)45-65(68)52-31-19-12-20-32-52/h10-49H,1-9H3. The van der Waals surface area contributed by atoms with Gasteiger partial charge in [0, 0.05) is 50.0 Å². The molecule has 0 radical (unpaired) electrons. The Labute approximate surface area is 451 Å². The molecule has 0 amide bonds. The Morgan fingerprint density at radius 3 is 0.880 bits per heavy atom. The van der Waals surface area contributed by atoms with Gasteiger partial charge < -0.3 is 9.80 Å². The molecule has 10 rings (SSSR count). The minimum Gasteiger partial charge on any atom is -0.309 e. The first-order chi connectivity index (χ1) is 36.0. The lowest BCUT2D eigenvalue weighted by Gasteiger charge is -2.36. The summed E-state index contributed by atoms with van der Waals surface area (Å²) in [7, 11) is 0. The van der Waals surface area contributed by atoms with Crippen LogP contribution < -0.4 is 9.80 Å². The highest BCUT2D eigenvalue weighted by Crippen LogP contribution is 2.54. The molecule has 75 heavy (non-hydrogen) atoms. The molecule has 0 aliphatic carbocycles. The normalized spacial score (nSPS) is 11.9. The van der Waals surface area contributed by atoms with Gasteiger partial charge in [0.05, 0.1) is 11.4 Å². The molecule has 0 bridgehead atoms. The fraction of sp³-hybridized carbons (Fsp3) is 0.167. The van der Waals surface area contributed by atoms with E-state index in [1.54, 1.807) is 0 Å². The Bertz CT molecular complexity index is 3460. The van der Waals surface area contributed by atoms with Crippen molar-refractivity contribution >= 4 is 45.7 Å². The molecule has 0 N–H and O–H groups in total. The zero-order valence-electron chi connectivity index (χ0n) is 44.9. The van der Waals surface area contributed by atoms with Gasteiger partial charge in [-0.3, -0.25) is 0 Å². The summed E-state index contributed by atoms with van der Waals surface area (Å²) in [6.45, 7) is 20.8. The van der Waals surface area contributed by atoms with Gasteiger partial charge in [0.1, 0.15) is 0 Å². The van der Waals surface area contributed by atoms with Crippen LogP contribution in [0.25, 0.3) is 55.6 Å². The number of hydrogen-bond donors (Lipinski definition) is 0. The molecule has 0 aliphatic rings. The lowest BCUT2D eigenvalue weighted by atomic mass is 9.81. The van der Waals surface area contributed by atoms with Gasteiger partial charge in [-0.25, -0.2) is 0 Å². The van der Waals surface area contributed by atoms with Crippen molar-refractivity contribution in [1.82, 2.24) is 0 Å². The zero-order valence-corrected chi connectivity index (χ0v) is 45.6. The van der Waals surface area contributed by atoms with Crippen molar-refractivity contribution in [3.8, 4) is 55.6 Å². The van der Waals surface area contributed by atoms with Crippen LogP contribution in [0.1, 0.15) is 79.0 Å². The van der Waals surface area contributed by atoms with Crippen LogP contribution in [0, 0.1) is 0 Å². The summed E-state index contributed by atoms with van der Waals surface area (Å²) >= 11 is 7.13. The van der Waals surface area contributed by atoms with Gasteiger partial charge in [0.15, 0.2) is 0 Å². The van der Waals surface area contributed by atoms with E-state index in [2.05, 4.69) is 309 Å². The lowest BCUT2D eigenvalue weighted by molar-refractivity contribution is 0.590. The summed E-state index contributed by atoms with van der Waals surface area (Å²) in [4.78, 5) is 5.01. The van der Waals surface area contributed by atoms with Crippen LogP contribution in [0.5, 0.6) is 0 Å². The number of halogens is 1. The van der Waals surface area contributed by atoms with E-state index in [1.807, 2.05) is 6.07 Å². The van der Waals surface area contributed by atoms with Crippen molar-refractivity contribution in [2.75, 3.05) is 9.80 Å². The third-order valence-electron chi connectivity index (χ3n) is 14.3. The molecule has 0 unspecified atom stereocenters. The summed E-state index contributed by atoms with van der Waals surface area (Å²) in [5.74, 6) is 0. The molecule has 0 heterocycles. The highest BCUT2D eigenvalue weighted by molar-refractivity contribution is 6.31. The number of rotatable bonds is 11. The SMILES string of the molecule is CC(C)(C)c1cc(N(c2cccc(Cl)c2)c2c(-c3ccccc3)cc(C(C)(C)C)cc2-c2ccccc2)cc(N(c2cccc(-c3ccccc3)c2)c2c(-c3ccccc3)cc(C(C)(C)C)cc2-c2ccccc2)c1. The number of hydrogen-bond acceptors (Lipinski definition) is 2.